The molecular formula is C27H18O6. The summed E-state index contributed by atoms with van der Waals surface area (Å²) in [5.41, 5.74) is 4.05. The number of carbonyl (C=O) groups excluding carboxylic acids is 3. The predicted molar refractivity (Wildman–Crippen MR) is 122 cm³/mol. The lowest BCUT2D eigenvalue weighted by molar-refractivity contribution is -0.137. The summed E-state index contributed by atoms with van der Waals surface area (Å²) in [7, 11) is 0. The van der Waals surface area contributed by atoms with E-state index < -0.39 is 23.2 Å². The number of Topliss-reactive ketones (excluding diaryl/α,β-unsaturated/α-hetero) is 1. The van der Waals surface area contributed by atoms with Gasteiger partial charge in [0.15, 0.2) is 5.78 Å². The van der Waals surface area contributed by atoms with Crippen LogP contribution >= 0.6 is 0 Å². The van der Waals surface area contributed by atoms with E-state index in [1.54, 1.807) is 61.5 Å². The molecule has 0 saturated carbocycles. The van der Waals surface area contributed by atoms with Crippen molar-refractivity contribution < 1.29 is 23.5 Å². The lowest BCUT2D eigenvalue weighted by Crippen LogP contribution is -2.17. The second-order valence-corrected chi connectivity index (χ2v) is 7.78. The smallest absolute Gasteiger partial charge is 0.379 e. The van der Waals surface area contributed by atoms with Crippen LogP contribution in [0.1, 0.15) is 44.3 Å². The topological polar surface area (TPSA) is 90.7 Å². The zero-order valence-electron chi connectivity index (χ0n) is 17.7. The molecule has 1 aromatic heterocycles. The van der Waals surface area contributed by atoms with Crippen LogP contribution in [0.15, 0.2) is 75.9 Å². The Balaban J connectivity index is 1.47. The first-order valence-electron chi connectivity index (χ1n) is 10.5. The van der Waals surface area contributed by atoms with Gasteiger partial charge in [0.05, 0.1) is 6.61 Å². The second-order valence-electron chi connectivity index (χ2n) is 7.78. The van der Waals surface area contributed by atoms with E-state index in [2.05, 4.69) is 0 Å². The van der Waals surface area contributed by atoms with E-state index in [-0.39, 0.29) is 17.7 Å². The number of ether oxygens (including phenoxy) is 1. The maximum absolute atomic E-state index is 13.1. The number of hydrogen-bond donors (Lipinski definition) is 0. The van der Waals surface area contributed by atoms with Gasteiger partial charge in [-0.2, -0.15) is 0 Å². The van der Waals surface area contributed by atoms with E-state index in [1.807, 2.05) is 12.1 Å². The van der Waals surface area contributed by atoms with Gasteiger partial charge in [-0.3, -0.25) is 9.59 Å². The Morgan fingerprint density at radius 3 is 2.27 bits per heavy atom. The van der Waals surface area contributed by atoms with E-state index in [0.29, 0.717) is 23.0 Å². The van der Waals surface area contributed by atoms with Crippen LogP contribution in [0, 0.1) is 0 Å². The molecule has 33 heavy (non-hydrogen) atoms. The molecule has 0 bridgehead atoms. The number of fused-ring (bicyclic) bond motifs is 4. The van der Waals surface area contributed by atoms with Crippen molar-refractivity contribution in [3.05, 3.63) is 105 Å². The van der Waals surface area contributed by atoms with Gasteiger partial charge in [-0.1, -0.05) is 42.5 Å². The van der Waals surface area contributed by atoms with Gasteiger partial charge in [-0.05, 0) is 59.9 Å². The zero-order chi connectivity index (χ0) is 23.1. The van der Waals surface area contributed by atoms with Crippen molar-refractivity contribution in [2.24, 2.45) is 0 Å². The fourth-order valence-corrected chi connectivity index (χ4v) is 4.18. The summed E-state index contributed by atoms with van der Waals surface area (Å²) in [5.74, 6) is -1.98. The number of hydrogen-bond acceptors (Lipinski definition) is 6. The molecule has 1 aliphatic carbocycles. The summed E-state index contributed by atoms with van der Waals surface area (Å²) in [6.07, 6.45) is 0.502. The Bertz CT molecular complexity index is 1530. The Labute approximate surface area is 188 Å². The van der Waals surface area contributed by atoms with E-state index in [4.69, 9.17) is 9.15 Å². The molecule has 0 atom stereocenters. The van der Waals surface area contributed by atoms with Crippen LogP contribution in [0.3, 0.4) is 0 Å². The third kappa shape index (κ3) is 3.55. The minimum absolute atomic E-state index is 0.0218. The van der Waals surface area contributed by atoms with Crippen molar-refractivity contribution in [2.45, 2.75) is 13.3 Å². The first kappa shape index (κ1) is 20.6. The molecule has 1 aliphatic rings. The van der Waals surface area contributed by atoms with Crippen LogP contribution in [-0.4, -0.2) is 24.1 Å². The molecule has 3 aromatic carbocycles. The summed E-state index contributed by atoms with van der Waals surface area (Å²) >= 11 is 0. The third-order valence-corrected chi connectivity index (χ3v) is 5.75. The number of rotatable bonds is 5. The highest BCUT2D eigenvalue weighted by Crippen LogP contribution is 2.37. The van der Waals surface area contributed by atoms with Gasteiger partial charge >= 0.3 is 11.6 Å². The van der Waals surface area contributed by atoms with E-state index in [0.717, 1.165) is 22.3 Å². The molecule has 162 valence electrons. The SMILES string of the molecule is CCOC(=O)C(=O)c1ccc2c(c1)Cc1cc(C(=O)c3cc4ccccc4oc3=O)ccc1-2. The Hall–Kier alpha value is -4.32. The Kier molecular flexibility index (Phi) is 4.98. The molecule has 5 rings (SSSR count). The van der Waals surface area contributed by atoms with E-state index in [1.165, 1.54) is 0 Å². The fourth-order valence-electron chi connectivity index (χ4n) is 4.18. The largest absolute Gasteiger partial charge is 0.460 e. The van der Waals surface area contributed by atoms with E-state index in [9.17, 15) is 19.2 Å². The average molecular weight is 438 g/mol. The monoisotopic (exact) mass is 438 g/mol. The van der Waals surface area contributed by atoms with Crippen LogP contribution in [-0.2, 0) is 16.0 Å². The molecule has 4 aromatic rings. The van der Waals surface area contributed by atoms with Gasteiger partial charge in [0.25, 0.3) is 5.78 Å². The first-order chi connectivity index (χ1) is 16.0. The van der Waals surface area contributed by atoms with Crippen molar-refractivity contribution in [1.29, 1.82) is 0 Å². The molecule has 6 heteroatoms. The first-order valence-corrected chi connectivity index (χ1v) is 10.5. The van der Waals surface area contributed by atoms with Crippen molar-refractivity contribution in [3.63, 3.8) is 0 Å². The molecule has 6 nitrogen and oxygen atoms in total. The maximum atomic E-state index is 13.1. The van der Waals surface area contributed by atoms with Crippen LogP contribution in [0.2, 0.25) is 0 Å². The van der Waals surface area contributed by atoms with Crippen LogP contribution in [0.5, 0.6) is 0 Å². The fraction of sp³-hybridized carbons (Fsp3) is 0.111. The number of carbonyl (C=O) groups is 3. The molecule has 0 unspecified atom stereocenters. The van der Waals surface area contributed by atoms with Crippen molar-refractivity contribution in [1.82, 2.24) is 0 Å². The molecule has 0 radical (unpaired) electrons. The molecule has 0 N–H and O–H groups in total. The molecule has 0 saturated heterocycles. The summed E-state index contributed by atoms with van der Waals surface area (Å²) in [6.45, 7) is 1.78. The van der Waals surface area contributed by atoms with Gasteiger partial charge in [0.2, 0.25) is 0 Å². The van der Waals surface area contributed by atoms with Crippen molar-refractivity contribution in [2.75, 3.05) is 6.61 Å². The highest BCUT2D eigenvalue weighted by molar-refractivity contribution is 6.40. The number of para-hydroxylation sites is 1. The summed E-state index contributed by atoms with van der Waals surface area (Å²) in [5, 5.41) is 0.674. The number of ketones is 2. The number of benzene rings is 3. The van der Waals surface area contributed by atoms with Crippen LogP contribution < -0.4 is 5.63 Å². The van der Waals surface area contributed by atoms with Gasteiger partial charge in [-0.15, -0.1) is 0 Å². The summed E-state index contributed by atoms with van der Waals surface area (Å²) < 4.78 is 10.1. The van der Waals surface area contributed by atoms with Crippen LogP contribution in [0.25, 0.3) is 22.1 Å². The quantitative estimate of drug-likeness (QED) is 0.175. The molecule has 0 spiro atoms. The Morgan fingerprint density at radius 1 is 0.879 bits per heavy atom. The van der Waals surface area contributed by atoms with Crippen LogP contribution in [0.4, 0.5) is 0 Å². The average Bonchev–Trinajstić information content (AvgIpc) is 3.19. The molecular weight excluding hydrogens is 420 g/mol. The third-order valence-electron chi connectivity index (χ3n) is 5.75. The lowest BCUT2D eigenvalue weighted by atomic mass is 9.98. The summed E-state index contributed by atoms with van der Waals surface area (Å²) in [6, 6.07) is 19.0. The zero-order valence-corrected chi connectivity index (χ0v) is 17.7. The highest BCUT2D eigenvalue weighted by atomic mass is 16.5. The van der Waals surface area contributed by atoms with Gasteiger partial charge in [0, 0.05) is 16.5 Å². The maximum Gasteiger partial charge on any atom is 0.379 e. The predicted octanol–water partition coefficient (Wildman–Crippen LogP) is 4.34. The van der Waals surface area contributed by atoms with Gasteiger partial charge in [0.1, 0.15) is 11.1 Å². The summed E-state index contributed by atoms with van der Waals surface area (Å²) in [4.78, 5) is 49.6. The highest BCUT2D eigenvalue weighted by Gasteiger charge is 2.25. The normalized spacial score (nSPS) is 11.7. The standard InChI is InChI=1S/C27H18O6/c1-2-32-27(31)25(29)17-8-10-21-19(12-17)13-18-11-16(7-9-20(18)21)24(28)22-14-15-5-3-4-6-23(15)33-26(22)30/h3-12,14H,2,13H2,1H3. The Morgan fingerprint density at radius 2 is 1.55 bits per heavy atom. The minimum atomic E-state index is -0.880. The minimum Gasteiger partial charge on any atom is -0.460 e. The molecule has 1 heterocycles. The number of esters is 1. The van der Waals surface area contributed by atoms with Gasteiger partial charge < -0.3 is 9.15 Å². The van der Waals surface area contributed by atoms with E-state index >= 15 is 0 Å². The van der Waals surface area contributed by atoms with Gasteiger partial charge in [-0.25, -0.2) is 9.59 Å². The van der Waals surface area contributed by atoms with Crippen molar-refractivity contribution in [3.8, 4) is 11.1 Å². The second kappa shape index (κ2) is 7.98. The molecule has 0 aliphatic heterocycles. The molecule has 0 amide bonds. The van der Waals surface area contributed by atoms with Crippen molar-refractivity contribution >= 4 is 28.5 Å². The molecule has 0 fully saturated rings. The lowest BCUT2D eigenvalue weighted by Gasteiger charge is -2.06.